The van der Waals surface area contributed by atoms with E-state index >= 15 is 0 Å². The summed E-state index contributed by atoms with van der Waals surface area (Å²) in [5, 5.41) is 0. The van der Waals surface area contributed by atoms with E-state index in [9.17, 15) is 31.5 Å². The predicted molar refractivity (Wildman–Crippen MR) is 172 cm³/mol. The second-order valence-electron chi connectivity index (χ2n) is 11.2. The maximum absolute atomic E-state index is 13.2. The molecule has 0 aliphatic rings. The molecule has 0 aliphatic carbocycles. The van der Waals surface area contributed by atoms with Crippen molar-refractivity contribution < 1.29 is 41.0 Å². The van der Waals surface area contributed by atoms with Crippen LogP contribution in [0.25, 0.3) is 22.1 Å². The fraction of sp³-hybridized carbons (Fsp3) is 0.194. The van der Waals surface area contributed by atoms with Crippen LogP contribution in [0.2, 0.25) is 0 Å². The molecule has 0 N–H and O–H groups in total. The molecule has 0 aliphatic heterocycles. The minimum Gasteiger partial charge on any atom is -0.487 e. The lowest BCUT2D eigenvalue weighted by atomic mass is 10.1. The molecule has 14 heteroatoms. The zero-order valence-corrected chi connectivity index (χ0v) is 26.7. The van der Waals surface area contributed by atoms with Gasteiger partial charge in [0, 0.05) is 37.4 Å². The number of fused-ring (bicyclic) bond motifs is 2. The van der Waals surface area contributed by atoms with Gasteiger partial charge in [0.2, 0.25) is 0 Å². The van der Waals surface area contributed by atoms with Gasteiger partial charge in [-0.25, -0.2) is 13.8 Å². The van der Waals surface area contributed by atoms with Crippen molar-refractivity contribution in [3.63, 3.8) is 0 Å². The minimum absolute atomic E-state index is 0.0275. The Morgan fingerprint density at radius 3 is 1.66 bits per heavy atom. The Balaban J connectivity index is 0.000000195. The number of Topliss-reactive ketones (excluding diaryl/α,β-unsaturated/α-hetero) is 2. The van der Waals surface area contributed by atoms with Crippen molar-refractivity contribution in [3.8, 4) is 11.5 Å². The van der Waals surface area contributed by atoms with Crippen LogP contribution in [0.1, 0.15) is 41.9 Å². The second kappa shape index (κ2) is 15.5. The van der Waals surface area contributed by atoms with Crippen LogP contribution in [0, 0.1) is 11.6 Å². The van der Waals surface area contributed by atoms with Crippen LogP contribution >= 0.6 is 0 Å². The van der Waals surface area contributed by atoms with E-state index in [1.165, 1.54) is 44.4 Å². The van der Waals surface area contributed by atoms with Gasteiger partial charge in [-0.1, -0.05) is 12.1 Å². The summed E-state index contributed by atoms with van der Waals surface area (Å²) >= 11 is 0. The zero-order valence-electron chi connectivity index (χ0n) is 26.7. The van der Waals surface area contributed by atoms with Crippen molar-refractivity contribution in [3.05, 3.63) is 125 Å². The molecular weight excluding hydrogens is 661 g/mol. The fourth-order valence-corrected chi connectivity index (χ4v) is 4.65. The third kappa shape index (κ3) is 9.81. The van der Waals surface area contributed by atoms with E-state index in [0.29, 0.717) is 45.6 Å². The maximum atomic E-state index is 13.2. The molecule has 1 aromatic carbocycles. The SMILES string of the molecule is CC(=O)Cc1cnc2cc(OCc3ccc(F)c(F)c3)cnc2c1.CC(=O)Cc1cnc2cc(OCc3cccc(C(F)(F)F)n3)cnc2c1. The number of carbonyl (C=O) groups excluding carboxylic acids is 2. The van der Waals surface area contributed by atoms with E-state index in [2.05, 4.69) is 24.9 Å². The number of pyridine rings is 5. The summed E-state index contributed by atoms with van der Waals surface area (Å²) in [6.45, 7) is 2.98. The molecule has 6 aromatic rings. The van der Waals surface area contributed by atoms with Gasteiger partial charge in [-0.2, -0.15) is 13.2 Å². The van der Waals surface area contributed by atoms with E-state index < -0.39 is 23.5 Å². The molecule has 0 radical (unpaired) electrons. The van der Waals surface area contributed by atoms with E-state index in [0.717, 1.165) is 29.3 Å². The lowest BCUT2D eigenvalue weighted by Gasteiger charge is -2.09. The number of halogens is 5. The quantitative estimate of drug-likeness (QED) is 0.136. The first-order chi connectivity index (χ1) is 23.8. The molecule has 9 nitrogen and oxygen atoms in total. The molecule has 0 atom stereocenters. The monoisotopic (exact) mass is 689 g/mol. The van der Waals surface area contributed by atoms with Crippen molar-refractivity contribution >= 4 is 33.6 Å². The van der Waals surface area contributed by atoms with Crippen LogP contribution in [-0.2, 0) is 41.8 Å². The number of benzene rings is 1. The predicted octanol–water partition coefficient (Wildman–Crippen LogP) is 7.37. The highest BCUT2D eigenvalue weighted by atomic mass is 19.4. The van der Waals surface area contributed by atoms with Gasteiger partial charge in [0.15, 0.2) is 11.6 Å². The number of carbonyl (C=O) groups is 2. The smallest absolute Gasteiger partial charge is 0.433 e. The van der Waals surface area contributed by atoms with Gasteiger partial charge in [0.05, 0.1) is 40.2 Å². The van der Waals surface area contributed by atoms with Gasteiger partial charge in [-0.05, 0) is 66.9 Å². The summed E-state index contributed by atoms with van der Waals surface area (Å²) in [5.41, 5.74) is 3.73. The number of aromatic nitrogens is 5. The van der Waals surface area contributed by atoms with Crippen LogP contribution in [0.4, 0.5) is 22.0 Å². The summed E-state index contributed by atoms with van der Waals surface area (Å²) in [7, 11) is 0. The van der Waals surface area contributed by atoms with Crippen LogP contribution in [0.3, 0.4) is 0 Å². The van der Waals surface area contributed by atoms with Gasteiger partial charge < -0.3 is 9.47 Å². The first-order valence-corrected chi connectivity index (χ1v) is 15.0. The maximum Gasteiger partial charge on any atom is 0.433 e. The van der Waals surface area contributed by atoms with Crippen LogP contribution in [-0.4, -0.2) is 36.5 Å². The Hall–Kier alpha value is -5.92. The molecule has 0 unspecified atom stereocenters. The van der Waals surface area contributed by atoms with E-state index in [-0.39, 0.29) is 36.9 Å². The van der Waals surface area contributed by atoms with Gasteiger partial charge in [-0.3, -0.25) is 29.5 Å². The molecule has 0 saturated carbocycles. The molecule has 0 spiro atoms. The molecule has 5 heterocycles. The van der Waals surface area contributed by atoms with Crippen molar-refractivity contribution in [1.82, 2.24) is 24.9 Å². The molecule has 6 rings (SSSR count). The summed E-state index contributed by atoms with van der Waals surface area (Å²) in [6.07, 6.45) is 2.30. The number of nitrogens with zero attached hydrogens (tertiary/aromatic N) is 5. The molecule has 0 saturated heterocycles. The minimum atomic E-state index is -4.50. The Bertz CT molecular complexity index is 2180. The molecule has 0 fully saturated rings. The number of ketones is 2. The summed E-state index contributed by atoms with van der Waals surface area (Å²) in [6, 6.07) is 14.2. The molecule has 5 aromatic heterocycles. The fourth-order valence-electron chi connectivity index (χ4n) is 4.65. The van der Waals surface area contributed by atoms with E-state index in [4.69, 9.17) is 9.47 Å². The number of hydrogen-bond donors (Lipinski definition) is 0. The summed E-state index contributed by atoms with van der Waals surface area (Å²) < 4.78 is 75.1. The average molecular weight is 690 g/mol. The van der Waals surface area contributed by atoms with Crippen molar-refractivity contribution in [2.45, 2.75) is 46.1 Å². The van der Waals surface area contributed by atoms with Gasteiger partial charge in [0.1, 0.15) is 42.0 Å². The zero-order chi connectivity index (χ0) is 35.8. The van der Waals surface area contributed by atoms with Crippen LogP contribution in [0.5, 0.6) is 11.5 Å². The van der Waals surface area contributed by atoms with Crippen molar-refractivity contribution in [2.24, 2.45) is 0 Å². The lowest BCUT2D eigenvalue weighted by molar-refractivity contribution is -0.141. The van der Waals surface area contributed by atoms with Gasteiger partial charge in [0.25, 0.3) is 0 Å². The third-order valence-corrected chi connectivity index (χ3v) is 6.91. The van der Waals surface area contributed by atoms with Crippen LogP contribution < -0.4 is 9.47 Å². The highest BCUT2D eigenvalue weighted by molar-refractivity contribution is 5.82. The molecule has 0 amide bonds. The first kappa shape index (κ1) is 35.4. The molecular formula is C36H28F5N5O4. The standard InChI is InChI=1S/C18H14F3N3O2.C18H14F2N2O2/c1-11(25)5-12-6-15-16(22-8-12)7-14(9-23-15)26-10-13-3-2-4-17(24-13)18(19,20)21;1-11(23)4-13-6-17-18(21-8-13)7-14(9-22-17)24-10-12-2-3-15(19)16(20)5-12/h2-4,6-9H,5,10H2,1H3;2-3,5-9H,4,10H2,1H3. The van der Waals surface area contributed by atoms with Crippen molar-refractivity contribution in [2.75, 3.05) is 0 Å². The number of hydrogen-bond acceptors (Lipinski definition) is 9. The molecule has 0 bridgehead atoms. The lowest BCUT2D eigenvalue weighted by Crippen LogP contribution is -2.10. The largest absolute Gasteiger partial charge is 0.487 e. The van der Waals surface area contributed by atoms with Gasteiger partial charge >= 0.3 is 6.18 Å². The second-order valence-corrected chi connectivity index (χ2v) is 11.2. The Kier molecular flexibility index (Phi) is 11.0. The van der Waals surface area contributed by atoms with E-state index in [1.54, 1.807) is 30.6 Å². The Labute approximate surface area is 282 Å². The first-order valence-electron chi connectivity index (χ1n) is 15.0. The number of rotatable bonds is 10. The number of alkyl halides is 3. The highest BCUT2D eigenvalue weighted by Crippen LogP contribution is 2.28. The highest BCUT2D eigenvalue weighted by Gasteiger charge is 2.32. The normalized spacial score (nSPS) is 11.2. The van der Waals surface area contributed by atoms with E-state index in [1.807, 2.05) is 6.07 Å². The third-order valence-electron chi connectivity index (χ3n) is 6.91. The summed E-state index contributed by atoms with van der Waals surface area (Å²) in [5.74, 6) is -0.881. The molecule has 256 valence electrons. The topological polar surface area (TPSA) is 117 Å². The van der Waals surface area contributed by atoms with Crippen LogP contribution in [0.15, 0.2) is 85.5 Å². The number of ether oxygens (including phenoxy) is 2. The van der Waals surface area contributed by atoms with Gasteiger partial charge in [-0.15, -0.1) is 0 Å². The Morgan fingerprint density at radius 1 is 0.620 bits per heavy atom. The summed E-state index contributed by atoms with van der Waals surface area (Å²) in [4.78, 5) is 42.8. The average Bonchev–Trinajstić information content (AvgIpc) is 3.07. The Morgan fingerprint density at radius 2 is 1.14 bits per heavy atom. The molecule has 50 heavy (non-hydrogen) atoms. The van der Waals surface area contributed by atoms with Crippen molar-refractivity contribution in [1.29, 1.82) is 0 Å².